The van der Waals surface area contributed by atoms with Gasteiger partial charge in [0.15, 0.2) is 7.85 Å². The van der Waals surface area contributed by atoms with Crippen LogP contribution >= 0.6 is 0 Å². The van der Waals surface area contributed by atoms with Crippen LogP contribution < -0.4 is 0 Å². The molecule has 0 aliphatic heterocycles. The van der Waals surface area contributed by atoms with Gasteiger partial charge in [-0.3, -0.25) is 4.99 Å². The SMILES string of the molecule is B/C(=N/C=C)C(C)/C=C\C=C. The molecule has 1 atom stereocenters. The Kier molecular flexibility index (Phi) is 5.17. The van der Waals surface area contributed by atoms with Crippen LogP contribution in [0.1, 0.15) is 6.92 Å². The fourth-order valence-corrected chi connectivity index (χ4v) is 0.646. The largest absolute Gasteiger partial charge is 0.276 e. The fourth-order valence-electron chi connectivity index (χ4n) is 0.646. The van der Waals surface area contributed by atoms with Crippen molar-refractivity contribution in [3.8, 4) is 0 Å². The summed E-state index contributed by atoms with van der Waals surface area (Å²) in [6.45, 7) is 9.21. The molecule has 0 aliphatic carbocycles. The smallest absolute Gasteiger partial charge is 0.159 e. The highest BCUT2D eigenvalue weighted by atomic mass is 14.7. The Morgan fingerprint density at radius 3 is 2.64 bits per heavy atom. The molecule has 58 valence electrons. The maximum absolute atomic E-state index is 4.07. The van der Waals surface area contributed by atoms with Crippen LogP contribution in [0.5, 0.6) is 0 Å². The van der Waals surface area contributed by atoms with Crippen LogP contribution in [0.2, 0.25) is 0 Å². The Morgan fingerprint density at radius 1 is 1.55 bits per heavy atom. The fraction of sp³-hybridized carbons (Fsp3) is 0.222. The zero-order chi connectivity index (χ0) is 8.69. The molecule has 0 saturated heterocycles. The zero-order valence-corrected chi connectivity index (χ0v) is 7.25. The van der Waals surface area contributed by atoms with E-state index in [1.165, 1.54) is 0 Å². The lowest BCUT2D eigenvalue weighted by atomic mass is 9.89. The lowest BCUT2D eigenvalue weighted by molar-refractivity contribution is 1.01. The summed E-state index contributed by atoms with van der Waals surface area (Å²) in [5.74, 6) is 0.367. The summed E-state index contributed by atoms with van der Waals surface area (Å²) >= 11 is 0. The van der Waals surface area contributed by atoms with Crippen molar-refractivity contribution in [2.24, 2.45) is 10.9 Å². The lowest BCUT2D eigenvalue weighted by Gasteiger charge is -2.02. The molecule has 0 aromatic rings. The molecule has 0 spiro atoms. The molecule has 2 heteroatoms. The van der Waals surface area contributed by atoms with Crippen LogP contribution in [-0.2, 0) is 0 Å². The van der Waals surface area contributed by atoms with Gasteiger partial charge >= 0.3 is 0 Å². The Labute approximate surface area is 69.6 Å². The summed E-state index contributed by atoms with van der Waals surface area (Å²) in [5.41, 5.74) is 1.07. The van der Waals surface area contributed by atoms with Crippen molar-refractivity contribution < 1.29 is 0 Å². The van der Waals surface area contributed by atoms with Gasteiger partial charge in [-0.1, -0.05) is 38.3 Å². The average molecular weight is 147 g/mol. The molecule has 0 rings (SSSR count). The summed E-state index contributed by atoms with van der Waals surface area (Å²) in [4.78, 5) is 4.07. The van der Waals surface area contributed by atoms with Crippen LogP contribution in [0.25, 0.3) is 0 Å². The minimum atomic E-state index is 0.367. The number of aliphatic imine (C=N–C) groups is 1. The van der Waals surface area contributed by atoms with Crippen LogP contribution in [0.15, 0.2) is 42.6 Å². The van der Waals surface area contributed by atoms with Gasteiger partial charge in [0.05, 0.1) is 0 Å². The van der Waals surface area contributed by atoms with E-state index < -0.39 is 0 Å². The highest BCUT2D eigenvalue weighted by Gasteiger charge is 1.97. The van der Waals surface area contributed by atoms with Crippen molar-refractivity contribution in [2.45, 2.75) is 6.92 Å². The topological polar surface area (TPSA) is 12.4 Å². The van der Waals surface area contributed by atoms with E-state index in [2.05, 4.69) is 31.2 Å². The number of hydrogen-bond acceptors (Lipinski definition) is 1. The molecule has 0 fully saturated rings. The zero-order valence-electron chi connectivity index (χ0n) is 7.25. The monoisotopic (exact) mass is 147 g/mol. The highest BCUT2D eigenvalue weighted by Crippen LogP contribution is 1.98. The van der Waals surface area contributed by atoms with Gasteiger partial charge in [-0.25, -0.2) is 0 Å². The molecule has 1 unspecified atom stereocenters. The van der Waals surface area contributed by atoms with Crippen molar-refractivity contribution >= 4 is 13.5 Å². The quantitative estimate of drug-likeness (QED) is 0.325. The summed E-state index contributed by atoms with van der Waals surface area (Å²) in [6, 6.07) is 0. The molecule has 0 heterocycles. The number of rotatable bonds is 4. The molecule has 0 radical (unpaired) electrons. The second-order valence-electron chi connectivity index (χ2n) is 2.36. The minimum Gasteiger partial charge on any atom is -0.276 e. The van der Waals surface area contributed by atoms with E-state index in [1.807, 2.05) is 13.9 Å². The minimum absolute atomic E-state index is 0.367. The Bertz CT molecular complexity index is 192. The standard InChI is InChI=1S/C9H14BN/c1-4-6-7-8(3)9(10)11-5-2/h4-8H,1-2,10H2,3H3/b7-6-,11-9+. The van der Waals surface area contributed by atoms with Crippen LogP contribution in [0.4, 0.5) is 0 Å². The molecule has 0 aromatic carbocycles. The van der Waals surface area contributed by atoms with Crippen molar-refractivity contribution in [1.82, 2.24) is 0 Å². The highest BCUT2D eigenvalue weighted by molar-refractivity contribution is 6.60. The molecule has 0 saturated carbocycles. The summed E-state index contributed by atoms with van der Waals surface area (Å²) in [7, 11) is 1.99. The van der Waals surface area contributed by atoms with Gasteiger partial charge in [-0.2, -0.15) is 0 Å². The van der Waals surface area contributed by atoms with E-state index in [4.69, 9.17) is 0 Å². The first-order chi connectivity index (χ1) is 5.22. The van der Waals surface area contributed by atoms with Gasteiger partial charge in [0.2, 0.25) is 0 Å². The maximum atomic E-state index is 4.07. The van der Waals surface area contributed by atoms with Gasteiger partial charge in [-0.15, -0.1) is 0 Å². The Morgan fingerprint density at radius 2 is 2.18 bits per heavy atom. The number of hydrogen-bond donors (Lipinski definition) is 0. The van der Waals surface area contributed by atoms with Gasteiger partial charge in [0.1, 0.15) is 0 Å². The van der Waals surface area contributed by atoms with E-state index in [1.54, 1.807) is 12.3 Å². The maximum Gasteiger partial charge on any atom is 0.159 e. The predicted octanol–water partition coefficient (Wildman–Crippen LogP) is 1.54. The van der Waals surface area contributed by atoms with Crippen LogP contribution in [0, 0.1) is 5.92 Å². The lowest BCUT2D eigenvalue weighted by Crippen LogP contribution is -2.07. The normalized spacial score (nSPS) is 14.8. The first-order valence-electron chi connectivity index (χ1n) is 3.66. The molecule has 11 heavy (non-hydrogen) atoms. The third-order valence-corrected chi connectivity index (χ3v) is 1.49. The van der Waals surface area contributed by atoms with Crippen molar-refractivity contribution in [2.75, 3.05) is 0 Å². The third kappa shape index (κ3) is 4.37. The molecule has 0 aromatic heterocycles. The van der Waals surface area contributed by atoms with E-state index in [9.17, 15) is 0 Å². The van der Waals surface area contributed by atoms with Gasteiger partial charge < -0.3 is 0 Å². The van der Waals surface area contributed by atoms with E-state index in [0.717, 1.165) is 5.61 Å². The molecular formula is C9H14BN. The second kappa shape index (κ2) is 5.72. The van der Waals surface area contributed by atoms with Gasteiger partial charge in [-0.05, 0) is 5.61 Å². The molecule has 0 bridgehead atoms. The van der Waals surface area contributed by atoms with Crippen molar-refractivity contribution in [1.29, 1.82) is 0 Å². The average Bonchev–Trinajstić information content (AvgIpc) is 2.00. The Balaban J connectivity index is 4.11. The first kappa shape index (κ1) is 9.95. The van der Waals surface area contributed by atoms with E-state index in [-0.39, 0.29) is 0 Å². The third-order valence-electron chi connectivity index (χ3n) is 1.49. The van der Waals surface area contributed by atoms with Gasteiger partial charge in [0, 0.05) is 12.1 Å². The first-order valence-corrected chi connectivity index (χ1v) is 3.66. The Hall–Kier alpha value is -1.05. The number of allylic oxidation sites excluding steroid dienone is 3. The molecule has 1 nitrogen and oxygen atoms in total. The van der Waals surface area contributed by atoms with E-state index in [0.29, 0.717) is 5.92 Å². The van der Waals surface area contributed by atoms with Crippen molar-refractivity contribution in [3.63, 3.8) is 0 Å². The van der Waals surface area contributed by atoms with Crippen molar-refractivity contribution in [3.05, 3.63) is 37.6 Å². The number of nitrogens with zero attached hydrogens (tertiary/aromatic N) is 1. The molecule has 0 N–H and O–H groups in total. The predicted molar refractivity (Wildman–Crippen MR) is 54.7 cm³/mol. The second-order valence-corrected chi connectivity index (χ2v) is 2.36. The molecule has 0 amide bonds. The van der Waals surface area contributed by atoms with Crippen LogP contribution in [0.3, 0.4) is 0 Å². The van der Waals surface area contributed by atoms with Gasteiger partial charge in [0.25, 0.3) is 0 Å². The summed E-state index contributed by atoms with van der Waals surface area (Å²) in [5, 5.41) is 0. The summed E-state index contributed by atoms with van der Waals surface area (Å²) < 4.78 is 0. The molecular weight excluding hydrogens is 133 g/mol. The van der Waals surface area contributed by atoms with E-state index >= 15 is 0 Å². The van der Waals surface area contributed by atoms with Crippen LogP contribution in [-0.4, -0.2) is 13.5 Å². The molecule has 0 aliphatic rings. The summed E-state index contributed by atoms with van der Waals surface area (Å²) in [6.07, 6.45) is 7.30.